The van der Waals surface area contributed by atoms with Crippen LogP contribution in [0.3, 0.4) is 0 Å². The van der Waals surface area contributed by atoms with Crippen molar-refractivity contribution in [2.24, 2.45) is 0 Å². The maximum atomic E-state index is 10.7. The topological polar surface area (TPSA) is 20.3 Å². The first kappa shape index (κ1) is 8.82. The first-order chi connectivity index (χ1) is 4.22. The Balaban J connectivity index is 3.54. The fraction of sp³-hybridized carbons (Fsp3) is 0.833. The summed E-state index contributed by atoms with van der Waals surface area (Å²) in [6, 6.07) is 0. The van der Waals surface area contributed by atoms with Crippen LogP contribution in [0.15, 0.2) is 0 Å². The molecule has 0 fully saturated rings. The zero-order valence-electron chi connectivity index (χ0n) is 6.18. The van der Waals surface area contributed by atoms with E-state index in [-0.39, 0.29) is 5.91 Å². The van der Waals surface area contributed by atoms with Crippen molar-refractivity contribution < 1.29 is 4.79 Å². The molecular formula is C6H13NOS. The van der Waals surface area contributed by atoms with Crippen molar-refractivity contribution in [1.29, 1.82) is 0 Å². The second kappa shape index (κ2) is 4.68. The Morgan fingerprint density at radius 2 is 2.22 bits per heavy atom. The Morgan fingerprint density at radius 3 is 2.33 bits per heavy atom. The van der Waals surface area contributed by atoms with Gasteiger partial charge in [-0.15, -0.1) is 0 Å². The maximum absolute atomic E-state index is 10.7. The van der Waals surface area contributed by atoms with Gasteiger partial charge in [-0.1, -0.05) is 18.9 Å². The Morgan fingerprint density at radius 1 is 1.67 bits per heavy atom. The third-order valence-corrected chi connectivity index (χ3v) is 1.88. The van der Waals surface area contributed by atoms with Crippen LogP contribution in [0, 0.1) is 0 Å². The lowest BCUT2D eigenvalue weighted by Crippen LogP contribution is -2.21. The second-order valence-corrected chi connectivity index (χ2v) is 2.61. The van der Waals surface area contributed by atoms with Crippen LogP contribution in [0.5, 0.6) is 0 Å². The maximum Gasteiger partial charge on any atom is 0.229 e. The van der Waals surface area contributed by atoms with Crippen LogP contribution in [0.2, 0.25) is 0 Å². The largest absolute Gasteiger partial charge is 0.287 e. The third-order valence-electron chi connectivity index (χ3n) is 0.998. The number of carbonyl (C=O) groups is 1. The molecule has 0 saturated carbocycles. The summed E-state index contributed by atoms with van der Waals surface area (Å²) in [6.45, 7) is 4.51. The van der Waals surface area contributed by atoms with Crippen LogP contribution < -0.4 is 0 Å². The van der Waals surface area contributed by atoms with Gasteiger partial charge < -0.3 is 0 Å². The monoisotopic (exact) mass is 147 g/mol. The molecule has 54 valence electrons. The molecule has 0 aliphatic rings. The minimum atomic E-state index is 0.143. The first-order valence-electron chi connectivity index (χ1n) is 3.04. The molecule has 0 bridgehead atoms. The Labute approximate surface area is 60.7 Å². The van der Waals surface area contributed by atoms with E-state index in [4.69, 9.17) is 0 Å². The molecular weight excluding hydrogens is 134 g/mol. The highest BCUT2D eigenvalue weighted by Gasteiger charge is 2.02. The van der Waals surface area contributed by atoms with Crippen LogP contribution in [-0.4, -0.2) is 23.0 Å². The summed E-state index contributed by atoms with van der Waals surface area (Å²) in [5.74, 6) is 0.143. The number of amides is 1. The Kier molecular flexibility index (Phi) is 4.58. The summed E-state index contributed by atoms with van der Waals surface area (Å²) < 4.78 is 1.75. The van der Waals surface area contributed by atoms with Crippen LogP contribution in [-0.2, 0) is 4.79 Å². The number of rotatable bonds is 3. The highest BCUT2D eigenvalue weighted by atomic mass is 32.2. The molecule has 0 saturated heterocycles. The number of hydrogen-bond donors (Lipinski definition) is 0. The number of nitrogens with zero attached hydrogens (tertiary/aromatic N) is 1. The SMILES string of the molecule is CCCN(SC)C(C)=O. The number of carbonyl (C=O) groups excluding carboxylic acids is 1. The molecule has 0 rings (SSSR count). The van der Waals surface area contributed by atoms with E-state index < -0.39 is 0 Å². The lowest BCUT2D eigenvalue weighted by Gasteiger charge is -2.15. The second-order valence-electron chi connectivity index (χ2n) is 1.80. The summed E-state index contributed by atoms with van der Waals surface area (Å²) in [4.78, 5) is 10.7. The average Bonchev–Trinajstić information content (AvgIpc) is 1.82. The molecule has 0 aliphatic carbocycles. The summed E-state index contributed by atoms with van der Waals surface area (Å²) >= 11 is 1.49. The van der Waals surface area contributed by atoms with Gasteiger partial charge in [-0.3, -0.25) is 9.10 Å². The summed E-state index contributed by atoms with van der Waals surface area (Å²) in [6.07, 6.45) is 2.94. The molecule has 0 aliphatic heterocycles. The van der Waals surface area contributed by atoms with Crippen molar-refractivity contribution in [3.63, 3.8) is 0 Å². The van der Waals surface area contributed by atoms with Gasteiger partial charge in [0.15, 0.2) is 0 Å². The van der Waals surface area contributed by atoms with Crippen LogP contribution >= 0.6 is 11.9 Å². The van der Waals surface area contributed by atoms with E-state index >= 15 is 0 Å². The van der Waals surface area contributed by atoms with E-state index in [1.54, 1.807) is 11.2 Å². The fourth-order valence-electron chi connectivity index (χ4n) is 0.580. The minimum absolute atomic E-state index is 0.143. The van der Waals surface area contributed by atoms with Crippen LogP contribution in [0.1, 0.15) is 20.3 Å². The minimum Gasteiger partial charge on any atom is -0.287 e. The third kappa shape index (κ3) is 3.40. The van der Waals surface area contributed by atoms with Crippen LogP contribution in [0.25, 0.3) is 0 Å². The van der Waals surface area contributed by atoms with E-state index in [1.165, 1.54) is 11.9 Å². The normalized spacial score (nSPS) is 9.22. The summed E-state index contributed by atoms with van der Waals surface area (Å²) in [5, 5.41) is 0. The van der Waals surface area contributed by atoms with Gasteiger partial charge in [0.1, 0.15) is 0 Å². The molecule has 0 unspecified atom stereocenters. The zero-order chi connectivity index (χ0) is 7.28. The lowest BCUT2D eigenvalue weighted by atomic mass is 10.5. The lowest BCUT2D eigenvalue weighted by molar-refractivity contribution is -0.123. The molecule has 0 radical (unpaired) electrons. The fourth-order valence-corrected chi connectivity index (χ4v) is 1.20. The van der Waals surface area contributed by atoms with E-state index in [0.29, 0.717) is 0 Å². The van der Waals surface area contributed by atoms with E-state index in [2.05, 4.69) is 6.92 Å². The van der Waals surface area contributed by atoms with Gasteiger partial charge >= 0.3 is 0 Å². The smallest absolute Gasteiger partial charge is 0.229 e. The molecule has 0 atom stereocenters. The predicted octanol–water partition coefficient (Wildman–Crippen LogP) is 1.52. The van der Waals surface area contributed by atoms with Gasteiger partial charge in [0.25, 0.3) is 0 Å². The van der Waals surface area contributed by atoms with Gasteiger partial charge in [0.2, 0.25) is 5.91 Å². The van der Waals surface area contributed by atoms with Crippen molar-refractivity contribution in [1.82, 2.24) is 4.31 Å². The molecule has 0 spiro atoms. The van der Waals surface area contributed by atoms with Crippen molar-refractivity contribution in [2.45, 2.75) is 20.3 Å². The van der Waals surface area contributed by atoms with Gasteiger partial charge in [0, 0.05) is 19.7 Å². The van der Waals surface area contributed by atoms with Crippen molar-refractivity contribution in [3.05, 3.63) is 0 Å². The Bertz CT molecular complexity index is 95.1. The standard InChI is InChI=1S/C6H13NOS/c1-4-5-7(9-3)6(2)8/h4-5H2,1-3H3. The van der Waals surface area contributed by atoms with Gasteiger partial charge in [0.05, 0.1) is 0 Å². The predicted molar refractivity (Wildman–Crippen MR) is 41.2 cm³/mol. The van der Waals surface area contributed by atoms with E-state index in [9.17, 15) is 4.79 Å². The summed E-state index contributed by atoms with van der Waals surface area (Å²) in [5.41, 5.74) is 0. The Hall–Kier alpha value is -0.180. The van der Waals surface area contributed by atoms with Gasteiger partial charge in [-0.05, 0) is 6.42 Å². The molecule has 0 aromatic heterocycles. The molecule has 0 aromatic rings. The molecule has 3 heteroatoms. The molecule has 0 aromatic carbocycles. The van der Waals surface area contributed by atoms with Crippen molar-refractivity contribution in [3.8, 4) is 0 Å². The molecule has 2 nitrogen and oxygen atoms in total. The summed E-state index contributed by atoms with van der Waals surface area (Å²) in [7, 11) is 0. The van der Waals surface area contributed by atoms with E-state index in [1.807, 2.05) is 6.26 Å². The first-order valence-corrected chi connectivity index (χ1v) is 4.22. The molecule has 0 N–H and O–H groups in total. The van der Waals surface area contributed by atoms with E-state index in [0.717, 1.165) is 13.0 Å². The highest BCUT2D eigenvalue weighted by Crippen LogP contribution is 2.04. The molecule has 9 heavy (non-hydrogen) atoms. The molecule has 0 heterocycles. The highest BCUT2D eigenvalue weighted by molar-refractivity contribution is 7.96. The van der Waals surface area contributed by atoms with Crippen molar-refractivity contribution in [2.75, 3.05) is 12.8 Å². The number of hydrogen-bond acceptors (Lipinski definition) is 2. The molecule has 1 amide bonds. The average molecular weight is 147 g/mol. The quantitative estimate of drug-likeness (QED) is 0.564. The zero-order valence-corrected chi connectivity index (χ0v) is 6.99. The van der Waals surface area contributed by atoms with Crippen molar-refractivity contribution >= 4 is 17.9 Å². The van der Waals surface area contributed by atoms with Crippen LogP contribution in [0.4, 0.5) is 0 Å². The van der Waals surface area contributed by atoms with Gasteiger partial charge in [-0.2, -0.15) is 0 Å². The van der Waals surface area contributed by atoms with Gasteiger partial charge in [-0.25, -0.2) is 0 Å².